The predicted octanol–water partition coefficient (Wildman–Crippen LogP) is 6.08. The number of aromatic nitrogens is 3. The fourth-order valence-electron chi connectivity index (χ4n) is 3.23. The highest BCUT2D eigenvalue weighted by Crippen LogP contribution is 2.39. The van der Waals surface area contributed by atoms with Gasteiger partial charge in [0, 0.05) is 36.1 Å². The SMILES string of the molecule is CCc1ccc(NS(=O)(=O)c2cc(Cl)c(Oc3ccc(Cl)cc3-c3ccnn3C)cc2F)nc1. The molecule has 0 atom stereocenters. The van der Waals surface area contributed by atoms with E-state index < -0.39 is 20.7 Å². The Balaban J connectivity index is 1.66. The summed E-state index contributed by atoms with van der Waals surface area (Å²) < 4.78 is 50.2. The van der Waals surface area contributed by atoms with E-state index in [1.54, 1.807) is 54.5 Å². The van der Waals surface area contributed by atoms with Crippen LogP contribution in [-0.2, 0) is 23.5 Å². The molecule has 2 heterocycles. The maximum absolute atomic E-state index is 14.9. The molecule has 0 unspecified atom stereocenters. The van der Waals surface area contributed by atoms with Crippen LogP contribution in [-0.4, -0.2) is 23.2 Å². The van der Waals surface area contributed by atoms with E-state index >= 15 is 0 Å². The molecule has 0 saturated carbocycles. The lowest BCUT2D eigenvalue weighted by atomic mass is 10.1. The maximum atomic E-state index is 14.9. The Morgan fingerprint density at radius 3 is 2.53 bits per heavy atom. The summed E-state index contributed by atoms with van der Waals surface area (Å²) in [7, 11) is -2.53. The molecule has 0 spiro atoms. The highest BCUT2D eigenvalue weighted by molar-refractivity contribution is 7.92. The van der Waals surface area contributed by atoms with E-state index in [1.165, 1.54) is 6.07 Å². The topological polar surface area (TPSA) is 86.1 Å². The molecule has 4 rings (SSSR count). The fraction of sp³-hybridized carbons (Fsp3) is 0.130. The summed E-state index contributed by atoms with van der Waals surface area (Å²) in [4.78, 5) is 3.42. The van der Waals surface area contributed by atoms with Gasteiger partial charge in [-0.1, -0.05) is 36.2 Å². The number of nitrogens with one attached hydrogen (secondary N) is 1. The molecule has 2 aromatic heterocycles. The lowest BCUT2D eigenvalue weighted by molar-refractivity contribution is 0.475. The van der Waals surface area contributed by atoms with Crippen LogP contribution in [0.1, 0.15) is 12.5 Å². The van der Waals surface area contributed by atoms with Crippen LogP contribution in [0.4, 0.5) is 10.2 Å². The zero-order valence-corrected chi connectivity index (χ0v) is 20.4. The molecule has 34 heavy (non-hydrogen) atoms. The third-order valence-corrected chi connectivity index (χ3v) is 6.91. The van der Waals surface area contributed by atoms with E-state index in [4.69, 9.17) is 27.9 Å². The van der Waals surface area contributed by atoms with Crippen molar-refractivity contribution in [3.05, 3.63) is 82.4 Å². The van der Waals surface area contributed by atoms with Crippen molar-refractivity contribution in [3.8, 4) is 22.8 Å². The van der Waals surface area contributed by atoms with Crippen molar-refractivity contribution in [2.45, 2.75) is 18.2 Å². The number of benzene rings is 2. The minimum atomic E-state index is -4.29. The van der Waals surface area contributed by atoms with Crippen LogP contribution in [0, 0.1) is 5.82 Å². The van der Waals surface area contributed by atoms with Crippen molar-refractivity contribution in [1.29, 1.82) is 0 Å². The average Bonchev–Trinajstić information content (AvgIpc) is 3.23. The van der Waals surface area contributed by atoms with Gasteiger partial charge in [0.15, 0.2) is 0 Å². The number of halogens is 3. The van der Waals surface area contributed by atoms with Crippen LogP contribution in [0.25, 0.3) is 11.3 Å². The molecule has 0 aliphatic rings. The number of sulfonamides is 1. The Kier molecular flexibility index (Phi) is 6.79. The first-order valence-corrected chi connectivity index (χ1v) is 12.3. The van der Waals surface area contributed by atoms with Crippen molar-refractivity contribution in [3.63, 3.8) is 0 Å². The molecule has 0 bridgehead atoms. The molecule has 0 saturated heterocycles. The van der Waals surface area contributed by atoms with Crippen molar-refractivity contribution in [2.75, 3.05) is 4.72 Å². The molecule has 4 aromatic rings. The van der Waals surface area contributed by atoms with Gasteiger partial charge in [-0.25, -0.2) is 17.8 Å². The largest absolute Gasteiger partial charge is 0.455 e. The van der Waals surface area contributed by atoms with Crippen molar-refractivity contribution < 1.29 is 17.5 Å². The molecule has 176 valence electrons. The number of aryl methyl sites for hydroxylation is 2. The number of hydrogen-bond donors (Lipinski definition) is 1. The highest BCUT2D eigenvalue weighted by atomic mass is 35.5. The van der Waals surface area contributed by atoms with E-state index in [9.17, 15) is 12.8 Å². The van der Waals surface area contributed by atoms with Crippen LogP contribution < -0.4 is 9.46 Å². The third kappa shape index (κ3) is 5.01. The number of hydrogen-bond acceptors (Lipinski definition) is 5. The van der Waals surface area contributed by atoms with Crippen LogP contribution in [0.3, 0.4) is 0 Å². The van der Waals surface area contributed by atoms with Gasteiger partial charge in [0.25, 0.3) is 10.0 Å². The van der Waals surface area contributed by atoms with E-state index in [-0.39, 0.29) is 16.6 Å². The summed E-state index contributed by atoms with van der Waals surface area (Å²) in [6.45, 7) is 1.95. The number of pyridine rings is 1. The standard InChI is InChI=1S/C23H19Cl2FN4O3S/c1-3-14-4-7-23(27-13-14)29-34(31,32)22-11-17(25)21(12-18(22)26)33-20-6-5-15(24)10-16(20)19-8-9-28-30(19)2/h4-13H,3H2,1-2H3,(H,27,29). The number of anilines is 1. The minimum Gasteiger partial charge on any atom is -0.455 e. The first-order chi connectivity index (χ1) is 16.2. The summed E-state index contributed by atoms with van der Waals surface area (Å²) >= 11 is 12.4. The second-order valence-corrected chi connectivity index (χ2v) is 9.80. The Bertz CT molecular complexity index is 1460. The average molecular weight is 521 g/mol. The summed E-state index contributed by atoms with van der Waals surface area (Å²) in [5, 5.41) is 4.51. The molecule has 1 N–H and O–H groups in total. The highest BCUT2D eigenvalue weighted by Gasteiger charge is 2.23. The van der Waals surface area contributed by atoms with Gasteiger partial charge in [-0.2, -0.15) is 5.10 Å². The smallest absolute Gasteiger partial charge is 0.266 e. The first kappa shape index (κ1) is 24.0. The van der Waals surface area contributed by atoms with Gasteiger partial charge in [0.1, 0.15) is 28.0 Å². The molecule has 0 amide bonds. The normalized spacial score (nSPS) is 11.4. The summed E-state index contributed by atoms with van der Waals surface area (Å²) in [5.74, 6) is -0.694. The molecule has 0 fully saturated rings. The predicted molar refractivity (Wildman–Crippen MR) is 130 cm³/mol. The van der Waals surface area contributed by atoms with Gasteiger partial charge in [0.05, 0.1) is 10.7 Å². The Hall–Kier alpha value is -3.14. The van der Waals surface area contributed by atoms with Crippen molar-refractivity contribution >= 4 is 39.0 Å². The van der Waals surface area contributed by atoms with Gasteiger partial charge in [-0.15, -0.1) is 0 Å². The molecular formula is C23H19Cl2FN4O3S. The number of rotatable bonds is 7. The van der Waals surface area contributed by atoms with Crippen molar-refractivity contribution in [1.82, 2.24) is 14.8 Å². The quantitative estimate of drug-likeness (QED) is 0.319. The van der Waals surface area contributed by atoms with E-state index in [1.807, 2.05) is 6.92 Å². The van der Waals surface area contributed by atoms with Gasteiger partial charge >= 0.3 is 0 Å². The van der Waals surface area contributed by atoms with Gasteiger partial charge in [-0.3, -0.25) is 9.40 Å². The van der Waals surface area contributed by atoms with Gasteiger partial charge in [0.2, 0.25) is 0 Å². The maximum Gasteiger partial charge on any atom is 0.266 e. The molecule has 0 radical (unpaired) electrons. The number of ether oxygens (including phenoxy) is 1. The Morgan fingerprint density at radius 2 is 1.88 bits per heavy atom. The third-order valence-electron chi connectivity index (χ3n) is 5.01. The van der Waals surface area contributed by atoms with Gasteiger partial charge < -0.3 is 4.74 Å². The molecule has 0 aliphatic carbocycles. The van der Waals surface area contributed by atoms with Crippen LogP contribution in [0.5, 0.6) is 11.5 Å². The zero-order chi connectivity index (χ0) is 24.5. The summed E-state index contributed by atoms with van der Waals surface area (Å²) in [6.07, 6.45) is 3.91. The van der Waals surface area contributed by atoms with Gasteiger partial charge in [-0.05, 0) is 48.4 Å². The second-order valence-electron chi connectivity index (χ2n) is 7.31. The lowest BCUT2D eigenvalue weighted by Crippen LogP contribution is -2.15. The molecule has 11 heteroatoms. The van der Waals surface area contributed by atoms with Crippen molar-refractivity contribution in [2.24, 2.45) is 7.05 Å². The molecular weight excluding hydrogens is 502 g/mol. The minimum absolute atomic E-state index is 0.0609. The van der Waals surface area contributed by atoms with E-state index in [0.717, 1.165) is 24.1 Å². The summed E-state index contributed by atoms with van der Waals surface area (Å²) in [6, 6.07) is 11.8. The Morgan fingerprint density at radius 1 is 1.09 bits per heavy atom. The van der Waals surface area contributed by atoms with Crippen LogP contribution >= 0.6 is 23.2 Å². The van der Waals surface area contributed by atoms with Crippen LogP contribution in [0.15, 0.2) is 65.8 Å². The molecule has 0 aliphatic heterocycles. The van der Waals surface area contributed by atoms with E-state index in [2.05, 4.69) is 14.8 Å². The molecule has 7 nitrogen and oxygen atoms in total. The monoisotopic (exact) mass is 520 g/mol. The fourth-order valence-corrected chi connectivity index (χ4v) is 4.76. The zero-order valence-electron chi connectivity index (χ0n) is 18.1. The Labute approximate surface area is 206 Å². The first-order valence-electron chi connectivity index (χ1n) is 10.1. The van der Waals surface area contributed by atoms with Crippen LogP contribution in [0.2, 0.25) is 10.0 Å². The number of nitrogens with zero attached hydrogens (tertiary/aromatic N) is 3. The second kappa shape index (κ2) is 9.61. The summed E-state index contributed by atoms with van der Waals surface area (Å²) in [5.41, 5.74) is 2.24. The molecule has 2 aromatic carbocycles. The lowest BCUT2D eigenvalue weighted by Gasteiger charge is -2.15. The van der Waals surface area contributed by atoms with E-state index in [0.29, 0.717) is 22.0 Å².